The number of hydrogen-bond donors (Lipinski definition) is 0. The van der Waals surface area contributed by atoms with Crippen molar-refractivity contribution in [2.24, 2.45) is 0 Å². The summed E-state index contributed by atoms with van der Waals surface area (Å²) in [4.78, 5) is 18.0. The summed E-state index contributed by atoms with van der Waals surface area (Å²) in [6.07, 6.45) is 3.69. The van der Waals surface area contributed by atoms with Crippen molar-refractivity contribution in [2.45, 2.75) is 6.92 Å². The van der Waals surface area contributed by atoms with Crippen molar-refractivity contribution < 1.29 is 4.79 Å². The number of nitrogens with zero attached hydrogens (tertiary/aromatic N) is 3. The SMILES string of the molecule is C/C=C\c1scnc1C(=O)N(C)CC#N. The molecule has 1 aromatic heterocycles. The Morgan fingerprint density at radius 3 is 3.13 bits per heavy atom. The van der Waals surface area contributed by atoms with Crippen LogP contribution in [0, 0.1) is 11.3 Å². The minimum atomic E-state index is -0.217. The van der Waals surface area contributed by atoms with Crippen LogP contribution in [0.4, 0.5) is 0 Å². The highest BCUT2D eigenvalue weighted by Gasteiger charge is 2.16. The number of rotatable bonds is 3. The van der Waals surface area contributed by atoms with E-state index in [0.29, 0.717) is 5.69 Å². The van der Waals surface area contributed by atoms with E-state index in [2.05, 4.69) is 4.98 Å². The van der Waals surface area contributed by atoms with Gasteiger partial charge in [0.2, 0.25) is 0 Å². The largest absolute Gasteiger partial charge is 0.327 e. The zero-order chi connectivity index (χ0) is 11.3. The molecule has 0 unspecified atom stereocenters. The number of allylic oxidation sites excluding steroid dienone is 1. The van der Waals surface area contributed by atoms with Gasteiger partial charge in [0.1, 0.15) is 12.2 Å². The smallest absolute Gasteiger partial charge is 0.274 e. The molecule has 1 rings (SSSR count). The van der Waals surface area contributed by atoms with Gasteiger partial charge in [0.15, 0.2) is 0 Å². The molecule has 0 aromatic carbocycles. The summed E-state index contributed by atoms with van der Waals surface area (Å²) in [5, 5.41) is 8.48. The van der Waals surface area contributed by atoms with E-state index in [1.54, 1.807) is 12.6 Å². The summed E-state index contributed by atoms with van der Waals surface area (Å²) in [5.41, 5.74) is 2.04. The lowest BCUT2D eigenvalue weighted by atomic mass is 10.3. The maximum absolute atomic E-state index is 11.8. The van der Waals surface area contributed by atoms with Crippen molar-refractivity contribution in [3.8, 4) is 6.07 Å². The Hall–Kier alpha value is -1.67. The minimum absolute atomic E-state index is 0.0750. The number of thiazole rings is 1. The highest BCUT2D eigenvalue weighted by atomic mass is 32.1. The molecule has 1 amide bonds. The van der Waals surface area contributed by atoms with E-state index in [-0.39, 0.29) is 12.5 Å². The Morgan fingerprint density at radius 1 is 1.80 bits per heavy atom. The Balaban J connectivity index is 2.91. The summed E-state index contributed by atoms with van der Waals surface area (Å²) in [6, 6.07) is 1.92. The van der Waals surface area contributed by atoms with Crippen molar-refractivity contribution in [1.82, 2.24) is 9.88 Å². The highest BCUT2D eigenvalue weighted by molar-refractivity contribution is 7.10. The van der Waals surface area contributed by atoms with Crippen molar-refractivity contribution in [3.05, 3.63) is 22.2 Å². The van der Waals surface area contributed by atoms with Crippen LogP contribution in [0.3, 0.4) is 0 Å². The molecule has 15 heavy (non-hydrogen) atoms. The molecule has 0 N–H and O–H groups in total. The molecule has 0 radical (unpaired) electrons. The van der Waals surface area contributed by atoms with Crippen LogP contribution >= 0.6 is 11.3 Å². The Kier molecular flexibility index (Phi) is 4.01. The predicted molar refractivity (Wildman–Crippen MR) is 59.4 cm³/mol. The predicted octanol–water partition coefficient (Wildman–Crippen LogP) is 1.77. The quantitative estimate of drug-likeness (QED) is 0.731. The van der Waals surface area contributed by atoms with Crippen LogP contribution in [-0.4, -0.2) is 29.4 Å². The lowest BCUT2D eigenvalue weighted by Crippen LogP contribution is -2.27. The molecular formula is C10H11N3OS. The van der Waals surface area contributed by atoms with Crippen LogP contribution < -0.4 is 0 Å². The number of hydrogen-bond acceptors (Lipinski definition) is 4. The summed E-state index contributed by atoms with van der Waals surface area (Å²) < 4.78 is 0. The van der Waals surface area contributed by atoms with Crippen molar-refractivity contribution in [2.75, 3.05) is 13.6 Å². The van der Waals surface area contributed by atoms with Gasteiger partial charge in [-0.05, 0) is 13.0 Å². The van der Waals surface area contributed by atoms with Crippen LogP contribution in [0.25, 0.3) is 6.08 Å². The molecule has 0 aliphatic carbocycles. The first-order chi connectivity index (χ1) is 7.20. The van der Waals surface area contributed by atoms with Crippen molar-refractivity contribution >= 4 is 23.3 Å². The Bertz CT molecular complexity index is 417. The first-order valence-electron chi connectivity index (χ1n) is 4.39. The monoisotopic (exact) mass is 221 g/mol. The third-order valence-corrected chi connectivity index (χ3v) is 2.56. The van der Waals surface area contributed by atoms with Gasteiger partial charge in [-0.3, -0.25) is 4.79 Å². The zero-order valence-corrected chi connectivity index (χ0v) is 9.41. The van der Waals surface area contributed by atoms with Gasteiger partial charge < -0.3 is 4.90 Å². The normalized spacial score (nSPS) is 10.2. The fraction of sp³-hybridized carbons (Fsp3) is 0.300. The molecule has 0 aliphatic heterocycles. The third kappa shape index (κ3) is 2.64. The average Bonchev–Trinajstić information content (AvgIpc) is 2.66. The molecule has 0 bridgehead atoms. The Morgan fingerprint density at radius 2 is 2.53 bits per heavy atom. The first kappa shape index (κ1) is 11.4. The number of aromatic nitrogens is 1. The standard InChI is InChI=1S/C10H11N3OS/c1-3-4-8-9(12-7-15-8)10(14)13(2)6-5-11/h3-4,7H,6H2,1-2H3/b4-3-. The molecule has 0 atom stereocenters. The van der Waals surface area contributed by atoms with E-state index in [1.165, 1.54) is 16.2 Å². The average molecular weight is 221 g/mol. The highest BCUT2D eigenvalue weighted by Crippen LogP contribution is 2.16. The van der Waals surface area contributed by atoms with E-state index in [9.17, 15) is 4.79 Å². The molecule has 0 aliphatic rings. The second kappa shape index (κ2) is 5.27. The maximum Gasteiger partial charge on any atom is 0.274 e. The van der Waals surface area contributed by atoms with Gasteiger partial charge in [-0.25, -0.2) is 4.98 Å². The molecule has 0 saturated heterocycles. The van der Waals surface area contributed by atoms with Crippen molar-refractivity contribution in [1.29, 1.82) is 5.26 Å². The van der Waals surface area contributed by atoms with Gasteiger partial charge in [0.05, 0.1) is 16.5 Å². The molecular weight excluding hydrogens is 210 g/mol. The maximum atomic E-state index is 11.8. The van der Waals surface area contributed by atoms with Gasteiger partial charge in [0, 0.05) is 7.05 Å². The lowest BCUT2D eigenvalue weighted by molar-refractivity contribution is 0.0807. The molecule has 1 heterocycles. The third-order valence-electron chi connectivity index (χ3n) is 1.77. The number of carbonyl (C=O) groups excluding carboxylic acids is 1. The second-order valence-corrected chi connectivity index (χ2v) is 3.77. The van der Waals surface area contributed by atoms with E-state index >= 15 is 0 Å². The zero-order valence-electron chi connectivity index (χ0n) is 8.60. The summed E-state index contributed by atoms with van der Waals surface area (Å²) in [5.74, 6) is -0.217. The molecule has 4 nitrogen and oxygen atoms in total. The molecule has 0 spiro atoms. The lowest BCUT2D eigenvalue weighted by Gasteiger charge is -2.11. The fourth-order valence-corrected chi connectivity index (χ4v) is 1.78. The van der Waals surface area contributed by atoms with E-state index in [4.69, 9.17) is 5.26 Å². The van der Waals surface area contributed by atoms with Crippen LogP contribution in [-0.2, 0) is 0 Å². The first-order valence-corrected chi connectivity index (χ1v) is 5.27. The van der Waals surface area contributed by atoms with Crippen LogP contribution in [0.1, 0.15) is 22.3 Å². The molecule has 0 saturated carbocycles. The number of nitriles is 1. The molecule has 5 heteroatoms. The summed E-state index contributed by atoms with van der Waals surface area (Å²) >= 11 is 1.41. The van der Waals surface area contributed by atoms with Gasteiger partial charge >= 0.3 is 0 Å². The van der Waals surface area contributed by atoms with Gasteiger partial charge in [0.25, 0.3) is 5.91 Å². The van der Waals surface area contributed by atoms with Crippen molar-refractivity contribution in [3.63, 3.8) is 0 Å². The molecule has 1 aromatic rings. The van der Waals surface area contributed by atoms with Crippen LogP contribution in [0.15, 0.2) is 11.6 Å². The fourth-order valence-electron chi connectivity index (χ4n) is 1.04. The van der Waals surface area contributed by atoms with E-state index in [1.807, 2.05) is 25.1 Å². The van der Waals surface area contributed by atoms with Gasteiger partial charge in [-0.1, -0.05) is 6.08 Å². The number of amides is 1. The van der Waals surface area contributed by atoms with Crippen LogP contribution in [0.2, 0.25) is 0 Å². The summed E-state index contributed by atoms with van der Waals surface area (Å²) in [7, 11) is 1.59. The minimum Gasteiger partial charge on any atom is -0.327 e. The summed E-state index contributed by atoms with van der Waals surface area (Å²) in [6.45, 7) is 1.96. The van der Waals surface area contributed by atoms with Crippen LogP contribution in [0.5, 0.6) is 0 Å². The molecule has 78 valence electrons. The number of carbonyl (C=O) groups is 1. The van der Waals surface area contributed by atoms with Gasteiger partial charge in [-0.15, -0.1) is 11.3 Å². The second-order valence-electron chi connectivity index (χ2n) is 2.88. The molecule has 0 fully saturated rings. The topological polar surface area (TPSA) is 57.0 Å². The Labute approximate surface area is 92.5 Å². The van der Waals surface area contributed by atoms with Gasteiger partial charge in [-0.2, -0.15) is 5.26 Å². The van der Waals surface area contributed by atoms with E-state index < -0.39 is 0 Å². The van der Waals surface area contributed by atoms with E-state index in [0.717, 1.165) is 4.88 Å².